The van der Waals surface area contributed by atoms with E-state index in [2.05, 4.69) is 20.8 Å². The lowest BCUT2D eigenvalue weighted by Gasteiger charge is -2.58. The van der Waals surface area contributed by atoms with Gasteiger partial charge in [0.1, 0.15) is 0 Å². The molecule has 0 amide bonds. The fourth-order valence-corrected chi connectivity index (χ4v) is 6.35. The van der Waals surface area contributed by atoms with Gasteiger partial charge in [-0.3, -0.25) is 9.59 Å². The van der Waals surface area contributed by atoms with Gasteiger partial charge in [-0.15, -0.1) is 0 Å². The quantitative estimate of drug-likeness (QED) is 0.610. The molecule has 0 aromatic carbocycles. The van der Waals surface area contributed by atoms with Crippen molar-refractivity contribution in [2.45, 2.75) is 85.5 Å². The molecule has 2 saturated carbocycles. The minimum Gasteiger partial charge on any atom is -0.465 e. The first kappa shape index (κ1) is 19.6. The molecule has 0 spiro atoms. The van der Waals surface area contributed by atoms with E-state index in [9.17, 15) is 9.59 Å². The number of carbonyl (C=O) groups is 2. The Morgan fingerprint density at radius 3 is 2.65 bits per heavy atom. The number of carbonyl (C=O) groups excluding carboxylic acids is 2. The zero-order valence-electron chi connectivity index (χ0n) is 17.1. The number of esters is 1. The summed E-state index contributed by atoms with van der Waals surface area (Å²) in [5.74, 6) is 2.25. The number of fused-ring (bicyclic) bond motifs is 3. The van der Waals surface area contributed by atoms with Gasteiger partial charge >= 0.3 is 5.97 Å². The highest BCUT2D eigenvalue weighted by Crippen LogP contribution is 2.62. The fourth-order valence-electron chi connectivity index (χ4n) is 6.35. The van der Waals surface area contributed by atoms with Crippen LogP contribution in [-0.2, 0) is 14.3 Å². The van der Waals surface area contributed by atoms with Crippen molar-refractivity contribution in [3.8, 4) is 0 Å². The smallest absolute Gasteiger partial charge is 0.305 e. The van der Waals surface area contributed by atoms with Crippen LogP contribution < -0.4 is 0 Å². The van der Waals surface area contributed by atoms with Gasteiger partial charge in [0.25, 0.3) is 0 Å². The van der Waals surface area contributed by atoms with Crippen LogP contribution in [0, 0.1) is 28.6 Å². The summed E-state index contributed by atoms with van der Waals surface area (Å²) in [6.45, 7) is 9.49. The minimum absolute atomic E-state index is 0.0739. The molecule has 0 aromatic rings. The van der Waals surface area contributed by atoms with E-state index < -0.39 is 0 Å². The molecule has 26 heavy (non-hydrogen) atoms. The highest BCUT2D eigenvalue weighted by atomic mass is 16.5. The van der Waals surface area contributed by atoms with Crippen LogP contribution in [0.1, 0.15) is 85.5 Å². The van der Waals surface area contributed by atoms with Crippen LogP contribution in [0.3, 0.4) is 0 Å². The number of allylic oxidation sites excluding steroid dienone is 2. The molecule has 0 bridgehead atoms. The SMILES string of the molecule is CCCC1C2CCC3=CC(=O)CCC3(C)C2CCC1(C)COC(=O)CC. The molecule has 3 heteroatoms. The van der Waals surface area contributed by atoms with Gasteiger partial charge in [0.05, 0.1) is 6.61 Å². The van der Waals surface area contributed by atoms with Crippen molar-refractivity contribution >= 4 is 11.8 Å². The Hall–Kier alpha value is -1.12. The van der Waals surface area contributed by atoms with Gasteiger partial charge in [-0.1, -0.05) is 39.7 Å². The van der Waals surface area contributed by atoms with Crippen molar-refractivity contribution in [3.05, 3.63) is 11.6 Å². The van der Waals surface area contributed by atoms with Crippen LogP contribution >= 0.6 is 0 Å². The third kappa shape index (κ3) is 3.39. The zero-order chi connectivity index (χ0) is 18.9. The molecule has 3 aliphatic rings. The van der Waals surface area contributed by atoms with Gasteiger partial charge in [0, 0.05) is 18.3 Å². The second-order valence-corrected chi connectivity index (χ2v) is 9.46. The lowest BCUT2D eigenvalue weighted by Crippen LogP contribution is -2.52. The summed E-state index contributed by atoms with van der Waals surface area (Å²) in [6, 6.07) is 0. The third-order valence-electron chi connectivity index (χ3n) is 7.93. The Balaban J connectivity index is 1.84. The first-order valence-corrected chi connectivity index (χ1v) is 10.7. The monoisotopic (exact) mass is 360 g/mol. The molecule has 3 nitrogen and oxygen atoms in total. The summed E-state index contributed by atoms with van der Waals surface area (Å²) >= 11 is 0. The molecule has 0 aliphatic heterocycles. The van der Waals surface area contributed by atoms with Gasteiger partial charge < -0.3 is 4.74 Å². The molecule has 5 unspecified atom stereocenters. The van der Waals surface area contributed by atoms with Crippen molar-refractivity contribution in [2.24, 2.45) is 28.6 Å². The largest absolute Gasteiger partial charge is 0.465 e. The molecule has 2 fully saturated rings. The summed E-state index contributed by atoms with van der Waals surface area (Å²) in [6.07, 6.45) is 11.2. The number of rotatable bonds is 5. The molecule has 0 radical (unpaired) electrons. The van der Waals surface area contributed by atoms with E-state index in [1.165, 1.54) is 31.3 Å². The first-order chi connectivity index (χ1) is 12.3. The lowest BCUT2D eigenvalue weighted by molar-refractivity contribution is -0.153. The predicted molar refractivity (Wildman–Crippen MR) is 104 cm³/mol. The van der Waals surface area contributed by atoms with Gasteiger partial charge in [0.15, 0.2) is 5.78 Å². The van der Waals surface area contributed by atoms with Crippen molar-refractivity contribution in [3.63, 3.8) is 0 Å². The minimum atomic E-state index is -0.0739. The Morgan fingerprint density at radius 2 is 1.96 bits per heavy atom. The Bertz CT molecular complexity index is 592. The highest BCUT2D eigenvalue weighted by molar-refractivity contribution is 5.91. The Labute approximate surface area is 158 Å². The average molecular weight is 361 g/mol. The van der Waals surface area contributed by atoms with Crippen molar-refractivity contribution in [2.75, 3.05) is 6.61 Å². The van der Waals surface area contributed by atoms with E-state index in [-0.39, 0.29) is 16.8 Å². The van der Waals surface area contributed by atoms with Crippen LogP contribution in [-0.4, -0.2) is 18.4 Å². The van der Waals surface area contributed by atoms with Crippen LogP contribution in [0.2, 0.25) is 0 Å². The van der Waals surface area contributed by atoms with E-state index in [4.69, 9.17) is 4.74 Å². The van der Waals surface area contributed by atoms with Gasteiger partial charge in [0.2, 0.25) is 0 Å². The molecule has 5 atom stereocenters. The predicted octanol–water partition coefficient (Wildman–Crippen LogP) is 5.48. The molecule has 3 rings (SSSR count). The summed E-state index contributed by atoms with van der Waals surface area (Å²) in [5.41, 5.74) is 1.74. The van der Waals surface area contributed by atoms with Crippen LogP contribution in [0.25, 0.3) is 0 Å². The number of hydrogen-bond donors (Lipinski definition) is 0. The zero-order valence-corrected chi connectivity index (χ0v) is 17.1. The van der Waals surface area contributed by atoms with Gasteiger partial charge in [-0.2, -0.15) is 0 Å². The molecule has 0 heterocycles. The molecule has 0 saturated heterocycles. The standard InChI is InChI=1S/C23H36O3/c1-5-7-19-18-9-8-16-14-17(24)10-13-23(16,4)20(18)11-12-22(19,3)15-26-21(25)6-2/h14,18-20H,5-13,15H2,1-4H3. The normalized spacial score (nSPS) is 39.6. The lowest BCUT2D eigenvalue weighted by atomic mass is 9.46. The van der Waals surface area contributed by atoms with E-state index in [0.717, 1.165) is 19.3 Å². The molecule has 0 aromatic heterocycles. The highest BCUT2D eigenvalue weighted by Gasteiger charge is 2.54. The Kier molecular flexibility index (Phi) is 5.65. The maximum absolute atomic E-state index is 11.9. The molecule has 146 valence electrons. The van der Waals surface area contributed by atoms with Gasteiger partial charge in [-0.25, -0.2) is 0 Å². The second kappa shape index (κ2) is 7.48. The third-order valence-corrected chi connectivity index (χ3v) is 7.93. The molecule has 0 N–H and O–H groups in total. The van der Waals surface area contributed by atoms with Crippen LogP contribution in [0.15, 0.2) is 11.6 Å². The van der Waals surface area contributed by atoms with Crippen LogP contribution in [0.4, 0.5) is 0 Å². The van der Waals surface area contributed by atoms with Crippen molar-refractivity contribution in [1.29, 1.82) is 0 Å². The second-order valence-electron chi connectivity index (χ2n) is 9.46. The maximum atomic E-state index is 11.9. The van der Waals surface area contributed by atoms with Crippen molar-refractivity contribution < 1.29 is 14.3 Å². The van der Waals surface area contributed by atoms with E-state index in [0.29, 0.717) is 43.0 Å². The van der Waals surface area contributed by atoms with E-state index >= 15 is 0 Å². The number of ether oxygens (including phenoxy) is 1. The summed E-state index contributed by atoms with van der Waals surface area (Å²) in [5, 5.41) is 0. The maximum Gasteiger partial charge on any atom is 0.305 e. The van der Waals surface area contributed by atoms with Crippen molar-refractivity contribution in [1.82, 2.24) is 0 Å². The topological polar surface area (TPSA) is 43.4 Å². The Morgan fingerprint density at radius 1 is 1.19 bits per heavy atom. The summed E-state index contributed by atoms with van der Waals surface area (Å²) < 4.78 is 5.64. The summed E-state index contributed by atoms with van der Waals surface area (Å²) in [4.78, 5) is 23.7. The number of ketones is 1. The van der Waals surface area contributed by atoms with E-state index in [1.54, 1.807) is 0 Å². The average Bonchev–Trinajstić information content (AvgIpc) is 2.62. The first-order valence-electron chi connectivity index (χ1n) is 10.7. The van der Waals surface area contributed by atoms with Crippen LogP contribution in [0.5, 0.6) is 0 Å². The molecular formula is C23H36O3. The fraction of sp³-hybridized carbons (Fsp3) is 0.826. The number of hydrogen-bond acceptors (Lipinski definition) is 3. The molecule has 3 aliphatic carbocycles. The molecular weight excluding hydrogens is 324 g/mol. The van der Waals surface area contributed by atoms with Gasteiger partial charge in [-0.05, 0) is 67.8 Å². The van der Waals surface area contributed by atoms with E-state index in [1.807, 2.05) is 13.0 Å². The summed E-state index contributed by atoms with van der Waals surface area (Å²) in [7, 11) is 0.